The molecule has 0 aliphatic carbocycles. The van der Waals surface area contributed by atoms with Gasteiger partial charge in [0, 0.05) is 0 Å². The number of H-pyrrole nitrogens is 1. The Morgan fingerprint density at radius 2 is 1.89 bits per heavy atom. The minimum Gasteiger partial charge on any atom is -0.372 e. The van der Waals surface area contributed by atoms with E-state index in [9.17, 15) is 9.59 Å². The third-order valence-electron chi connectivity index (χ3n) is 3.21. The number of rotatable bonds is 0. The van der Waals surface area contributed by atoms with Crippen LogP contribution in [0.4, 0.5) is 0 Å². The minimum absolute atomic E-state index is 0.130. The largest absolute Gasteiger partial charge is 0.420 e. The summed E-state index contributed by atoms with van der Waals surface area (Å²) < 4.78 is 4.58. The summed E-state index contributed by atoms with van der Waals surface area (Å²) in [6, 6.07) is 0. The second kappa shape index (κ2) is 3.93. The molecule has 5 nitrogen and oxygen atoms in total. The van der Waals surface area contributed by atoms with E-state index in [0.29, 0.717) is 10.7 Å². The molecule has 1 N–H and O–H groups in total. The highest BCUT2D eigenvalue weighted by atomic mass is 16.4. The molecule has 0 fully saturated rings. The van der Waals surface area contributed by atoms with Gasteiger partial charge in [0.25, 0.3) is 0 Å². The lowest BCUT2D eigenvalue weighted by atomic mass is 9.82. The molecule has 18 heavy (non-hydrogen) atoms. The van der Waals surface area contributed by atoms with E-state index in [-0.39, 0.29) is 11.0 Å². The molecule has 98 valence electrons. The van der Waals surface area contributed by atoms with Crippen LogP contribution in [0.15, 0.2) is 19.0 Å². The molecular formula is C13H18N2O3. The molecular weight excluding hydrogens is 232 g/mol. The molecule has 0 amide bonds. The Kier molecular flexibility index (Phi) is 2.80. The first-order valence-electron chi connectivity index (χ1n) is 6.05. The van der Waals surface area contributed by atoms with Crippen LogP contribution in [0.25, 0.3) is 6.08 Å². The summed E-state index contributed by atoms with van der Waals surface area (Å²) in [5.74, 6) is -0.759. The highest BCUT2D eigenvalue weighted by Crippen LogP contribution is 2.29. The third kappa shape index (κ3) is 2.60. The summed E-state index contributed by atoms with van der Waals surface area (Å²) in [4.78, 5) is 30.0. The minimum atomic E-state index is -0.759. The van der Waals surface area contributed by atoms with Crippen LogP contribution in [0.1, 0.15) is 40.5 Å². The number of fused-ring (bicyclic) bond motifs is 1. The van der Waals surface area contributed by atoms with E-state index in [0.717, 1.165) is 12.8 Å². The number of hydrogen-bond acceptors (Lipinski definition) is 4. The predicted molar refractivity (Wildman–Crippen MR) is 67.9 cm³/mol. The molecule has 0 unspecified atom stereocenters. The maximum atomic E-state index is 11.8. The molecule has 0 spiro atoms. The van der Waals surface area contributed by atoms with Gasteiger partial charge in [0.05, 0.1) is 10.8 Å². The molecule has 0 radical (unpaired) electrons. The first-order chi connectivity index (χ1) is 8.19. The van der Waals surface area contributed by atoms with Crippen LogP contribution in [-0.2, 0) is 0 Å². The van der Waals surface area contributed by atoms with Crippen molar-refractivity contribution in [3.8, 4) is 0 Å². The SMILES string of the molecule is CC1(C)C=c2c([nH]c(=O)oc2=O)=NC(C)(C)CC1. The number of nitrogens with zero attached hydrogens (tertiary/aromatic N) is 1. The Morgan fingerprint density at radius 1 is 1.22 bits per heavy atom. The molecule has 5 heteroatoms. The van der Waals surface area contributed by atoms with Gasteiger partial charge in [0.15, 0.2) is 0 Å². The van der Waals surface area contributed by atoms with Gasteiger partial charge in [-0.15, -0.1) is 0 Å². The van der Waals surface area contributed by atoms with E-state index in [1.807, 2.05) is 19.9 Å². The fourth-order valence-corrected chi connectivity index (χ4v) is 2.09. The Hall–Kier alpha value is -1.65. The van der Waals surface area contributed by atoms with Crippen molar-refractivity contribution in [2.45, 2.75) is 46.1 Å². The van der Waals surface area contributed by atoms with Crippen molar-refractivity contribution in [3.63, 3.8) is 0 Å². The molecule has 0 saturated heterocycles. The van der Waals surface area contributed by atoms with E-state index in [2.05, 4.69) is 28.2 Å². The van der Waals surface area contributed by atoms with Crippen molar-refractivity contribution in [1.29, 1.82) is 0 Å². The van der Waals surface area contributed by atoms with Crippen LogP contribution in [0.5, 0.6) is 0 Å². The summed E-state index contributed by atoms with van der Waals surface area (Å²) in [5.41, 5.74) is -0.733. The Balaban J connectivity index is 2.94. The normalized spacial score (nSPS) is 20.9. The van der Waals surface area contributed by atoms with Gasteiger partial charge in [-0.1, -0.05) is 19.9 Å². The van der Waals surface area contributed by atoms with Crippen LogP contribution in [-0.4, -0.2) is 10.5 Å². The van der Waals surface area contributed by atoms with E-state index in [1.54, 1.807) is 0 Å². The molecule has 0 aromatic carbocycles. The van der Waals surface area contributed by atoms with E-state index < -0.39 is 11.4 Å². The Bertz CT molecular complexity index is 692. The molecule has 0 saturated carbocycles. The molecule has 2 rings (SSSR count). The van der Waals surface area contributed by atoms with E-state index >= 15 is 0 Å². The lowest BCUT2D eigenvalue weighted by Crippen LogP contribution is -2.49. The molecule has 1 aromatic rings. The van der Waals surface area contributed by atoms with Crippen LogP contribution in [0.2, 0.25) is 0 Å². The average Bonchev–Trinajstić information content (AvgIpc) is 2.19. The van der Waals surface area contributed by atoms with Gasteiger partial charge in [-0.2, -0.15) is 0 Å². The third-order valence-corrected chi connectivity index (χ3v) is 3.21. The zero-order valence-electron chi connectivity index (χ0n) is 11.2. The van der Waals surface area contributed by atoms with E-state index in [1.165, 1.54) is 0 Å². The van der Waals surface area contributed by atoms with Crippen LogP contribution >= 0.6 is 0 Å². The van der Waals surface area contributed by atoms with Crippen LogP contribution in [0.3, 0.4) is 0 Å². The van der Waals surface area contributed by atoms with Crippen molar-refractivity contribution in [2.24, 2.45) is 10.4 Å². The van der Waals surface area contributed by atoms with Gasteiger partial charge in [0.2, 0.25) is 0 Å². The lowest BCUT2D eigenvalue weighted by molar-refractivity contribution is 0.352. The monoisotopic (exact) mass is 250 g/mol. The highest BCUT2D eigenvalue weighted by molar-refractivity contribution is 5.28. The van der Waals surface area contributed by atoms with Crippen molar-refractivity contribution in [3.05, 3.63) is 31.7 Å². The number of hydrogen-bond donors (Lipinski definition) is 1. The van der Waals surface area contributed by atoms with E-state index in [4.69, 9.17) is 0 Å². The predicted octanol–water partition coefficient (Wildman–Crippen LogP) is 0.327. The smallest absolute Gasteiger partial charge is 0.372 e. The second-order valence-corrected chi connectivity index (χ2v) is 6.12. The standard InChI is InChI=1S/C13H18N2O3/c1-12(2)5-6-13(3,4)15-9-8(7-12)10(16)18-11(17)14-9/h7H,5-6H2,1-4H3,(H,14,15,17). The van der Waals surface area contributed by atoms with Crippen LogP contribution < -0.4 is 22.1 Å². The summed E-state index contributed by atoms with van der Waals surface area (Å²) in [5, 5.41) is 0.354. The zero-order valence-corrected chi connectivity index (χ0v) is 11.2. The molecule has 1 aliphatic heterocycles. The first-order valence-corrected chi connectivity index (χ1v) is 6.05. The van der Waals surface area contributed by atoms with Crippen molar-refractivity contribution >= 4 is 6.08 Å². The van der Waals surface area contributed by atoms with Crippen molar-refractivity contribution < 1.29 is 4.42 Å². The summed E-state index contributed by atoms with van der Waals surface area (Å²) >= 11 is 0. The second-order valence-electron chi connectivity index (χ2n) is 6.12. The van der Waals surface area contributed by atoms with Gasteiger partial charge in [-0.3, -0.25) is 9.98 Å². The van der Waals surface area contributed by atoms with Gasteiger partial charge in [-0.05, 0) is 32.1 Å². The fourth-order valence-electron chi connectivity index (χ4n) is 2.09. The quantitative estimate of drug-likeness (QED) is 0.720. The summed E-state index contributed by atoms with van der Waals surface area (Å²) in [6.45, 7) is 8.10. The average molecular weight is 250 g/mol. The summed E-state index contributed by atoms with van der Waals surface area (Å²) in [7, 11) is 0. The van der Waals surface area contributed by atoms with Gasteiger partial charge >= 0.3 is 11.4 Å². The number of nitrogens with one attached hydrogen (secondary N) is 1. The molecule has 1 aliphatic rings. The lowest BCUT2D eigenvalue weighted by Gasteiger charge is -2.27. The van der Waals surface area contributed by atoms with Gasteiger partial charge in [0.1, 0.15) is 5.49 Å². The molecule has 0 bridgehead atoms. The molecule has 0 atom stereocenters. The maximum absolute atomic E-state index is 11.8. The first kappa shape index (κ1) is 12.8. The number of aromatic nitrogens is 1. The van der Waals surface area contributed by atoms with Crippen LogP contribution in [0, 0.1) is 5.41 Å². The molecule has 2 heterocycles. The Morgan fingerprint density at radius 3 is 2.56 bits per heavy atom. The zero-order chi connectivity index (χ0) is 13.6. The van der Waals surface area contributed by atoms with Crippen molar-refractivity contribution in [2.75, 3.05) is 0 Å². The van der Waals surface area contributed by atoms with Gasteiger partial charge in [-0.25, -0.2) is 9.59 Å². The fraction of sp³-hybridized carbons (Fsp3) is 0.615. The Labute approximate surface area is 104 Å². The summed E-state index contributed by atoms with van der Waals surface area (Å²) in [6.07, 6.45) is 3.64. The highest BCUT2D eigenvalue weighted by Gasteiger charge is 2.25. The molecule has 1 aromatic heterocycles. The van der Waals surface area contributed by atoms with Gasteiger partial charge < -0.3 is 4.42 Å². The topological polar surface area (TPSA) is 75.4 Å². The van der Waals surface area contributed by atoms with Crippen molar-refractivity contribution in [1.82, 2.24) is 4.98 Å². The number of aromatic amines is 1. The maximum Gasteiger partial charge on any atom is 0.420 e.